The number of carboxylic acid groups (broad SMARTS) is 1. The highest BCUT2D eigenvalue weighted by atomic mass is 35.5. The molecule has 0 bridgehead atoms. The van der Waals surface area contributed by atoms with Crippen LogP contribution in [0.25, 0.3) is 0 Å². The highest BCUT2D eigenvalue weighted by Gasteiger charge is 2.25. The third kappa shape index (κ3) is 6.98. The molecule has 0 aliphatic carbocycles. The van der Waals surface area contributed by atoms with Crippen LogP contribution in [-0.2, 0) is 25.5 Å². The van der Waals surface area contributed by atoms with Gasteiger partial charge in [0.2, 0.25) is 5.91 Å². The van der Waals surface area contributed by atoms with E-state index in [2.05, 4.69) is 10.1 Å². The number of nitrogens with one attached hydrogen (secondary N) is 1. The first kappa shape index (κ1) is 20.7. The molecule has 8 nitrogen and oxygen atoms in total. The molecule has 1 aromatic rings. The molecule has 1 amide bonds. The summed E-state index contributed by atoms with van der Waals surface area (Å²) in [5.41, 5.74) is 6.12. The van der Waals surface area contributed by atoms with Crippen molar-refractivity contribution in [3.05, 3.63) is 29.8 Å². The number of phenols is 1. The zero-order valence-electron chi connectivity index (χ0n) is 12.4. The summed E-state index contributed by atoms with van der Waals surface area (Å²) >= 11 is 0. The summed E-state index contributed by atoms with van der Waals surface area (Å²) in [4.78, 5) is 34.1. The van der Waals surface area contributed by atoms with Gasteiger partial charge in [0, 0.05) is 6.42 Å². The summed E-state index contributed by atoms with van der Waals surface area (Å²) in [6.45, 7) is 0. The normalized spacial score (nSPS) is 12.4. The van der Waals surface area contributed by atoms with Gasteiger partial charge in [0.05, 0.1) is 19.6 Å². The number of carbonyl (C=O) groups is 3. The zero-order chi connectivity index (χ0) is 16.7. The molecular formula is C14H19ClN2O6. The van der Waals surface area contributed by atoms with E-state index in [9.17, 15) is 19.5 Å². The van der Waals surface area contributed by atoms with E-state index >= 15 is 0 Å². The van der Waals surface area contributed by atoms with E-state index < -0.39 is 36.4 Å². The van der Waals surface area contributed by atoms with Crippen molar-refractivity contribution in [3.63, 3.8) is 0 Å². The SMILES string of the molecule is COC(=O)[C@H](Cc1ccc(O)cc1)NC(=O)[C@@H](N)CC(=O)O.Cl. The van der Waals surface area contributed by atoms with Crippen molar-refractivity contribution in [3.8, 4) is 5.75 Å². The predicted octanol–water partition coefficient (Wildman–Crippen LogP) is -0.184. The Morgan fingerprint density at radius 3 is 2.30 bits per heavy atom. The molecule has 23 heavy (non-hydrogen) atoms. The van der Waals surface area contributed by atoms with E-state index in [0.717, 1.165) is 0 Å². The van der Waals surface area contributed by atoms with E-state index in [1.807, 2.05) is 0 Å². The summed E-state index contributed by atoms with van der Waals surface area (Å²) in [6.07, 6.45) is -0.419. The summed E-state index contributed by atoms with van der Waals surface area (Å²) in [5, 5.41) is 20.2. The molecule has 2 atom stereocenters. The second-order valence-corrected chi connectivity index (χ2v) is 4.66. The minimum atomic E-state index is -1.26. The van der Waals surface area contributed by atoms with Gasteiger partial charge in [0.15, 0.2) is 0 Å². The van der Waals surface area contributed by atoms with Gasteiger partial charge in [-0.15, -0.1) is 12.4 Å². The number of amides is 1. The minimum absolute atomic E-state index is 0. The van der Waals surface area contributed by atoms with Gasteiger partial charge in [-0.2, -0.15) is 0 Å². The van der Waals surface area contributed by atoms with Crippen LogP contribution in [0.3, 0.4) is 0 Å². The first-order chi connectivity index (χ1) is 10.3. The maximum Gasteiger partial charge on any atom is 0.328 e. The number of rotatable bonds is 7. The second-order valence-electron chi connectivity index (χ2n) is 4.66. The van der Waals surface area contributed by atoms with Gasteiger partial charge >= 0.3 is 11.9 Å². The molecule has 128 valence electrons. The number of aromatic hydroxyl groups is 1. The van der Waals surface area contributed by atoms with Crippen molar-refractivity contribution in [1.29, 1.82) is 0 Å². The number of hydrogen-bond donors (Lipinski definition) is 4. The van der Waals surface area contributed by atoms with E-state index in [0.29, 0.717) is 5.56 Å². The molecule has 0 aliphatic rings. The van der Waals surface area contributed by atoms with Crippen LogP contribution in [-0.4, -0.2) is 47.3 Å². The van der Waals surface area contributed by atoms with Gasteiger partial charge in [-0.05, 0) is 17.7 Å². The van der Waals surface area contributed by atoms with Crippen LogP contribution >= 0.6 is 12.4 Å². The molecule has 0 saturated carbocycles. The molecule has 0 aromatic heterocycles. The Morgan fingerprint density at radius 1 is 1.26 bits per heavy atom. The molecule has 0 heterocycles. The Balaban J connectivity index is 0.00000484. The maximum absolute atomic E-state index is 11.8. The number of carboxylic acids is 1. The van der Waals surface area contributed by atoms with Crippen LogP contribution in [0, 0.1) is 0 Å². The van der Waals surface area contributed by atoms with E-state index in [1.54, 1.807) is 12.1 Å². The van der Waals surface area contributed by atoms with Crippen LogP contribution in [0.1, 0.15) is 12.0 Å². The highest BCUT2D eigenvalue weighted by molar-refractivity contribution is 5.89. The smallest absolute Gasteiger partial charge is 0.328 e. The number of hydrogen-bond acceptors (Lipinski definition) is 6. The van der Waals surface area contributed by atoms with Crippen molar-refractivity contribution in [2.75, 3.05) is 7.11 Å². The summed E-state index contributed by atoms with van der Waals surface area (Å²) in [6, 6.07) is 3.82. The molecule has 1 aromatic carbocycles. The molecule has 0 aliphatic heterocycles. The number of methoxy groups -OCH3 is 1. The Hall–Kier alpha value is -2.32. The van der Waals surface area contributed by atoms with E-state index in [4.69, 9.17) is 10.8 Å². The summed E-state index contributed by atoms with van der Waals surface area (Å²) in [7, 11) is 1.18. The van der Waals surface area contributed by atoms with Gasteiger partial charge in [-0.3, -0.25) is 9.59 Å². The topological polar surface area (TPSA) is 139 Å². The number of phenolic OH excluding ortho intramolecular Hbond substituents is 1. The second kappa shape index (κ2) is 9.65. The fraction of sp³-hybridized carbons (Fsp3) is 0.357. The monoisotopic (exact) mass is 346 g/mol. The first-order valence-electron chi connectivity index (χ1n) is 6.47. The largest absolute Gasteiger partial charge is 0.508 e. The Labute approximate surface area is 139 Å². The Morgan fingerprint density at radius 2 is 1.83 bits per heavy atom. The van der Waals surface area contributed by atoms with Gasteiger partial charge in [0.25, 0.3) is 0 Å². The lowest BCUT2D eigenvalue weighted by atomic mass is 10.0. The minimum Gasteiger partial charge on any atom is -0.508 e. The average molecular weight is 347 g/mol. The van der Waals surface area contributed by atoms with Crippen LogP contribution < -0.4 is 11.1 Å². The van der Waals surface area contributed by atoms with E-state index in [1.165, 1.54) is 19.2 Å². The lowest BCUT2D eigenvalue weighted by Gasteiger charge is -2.18. The van der Waals surface area contributed by atoms with Gasteiger partial charge < -0.3 is 26.0 Å². The number of esters is 1. The molecule has 9 heteroatoms. The van der Waals surface area contributed by atoms with Crippen molar-refractivity contribution >= 4 is 30.3 Å². The number of ether oxygens (including phenoxy) is 1. The highest BCUT2D eigenvalue weighted by Crippen LogP contribution is 2.12. The third-order valence-corrected chi connectivity index (χ3v) is 2.91. The zero-order valence-corrected chi connectivity index (χ0v) is 13.2. The molecule has 0 radical (unpaired) electrons. The number of nitrogens with two attached hydrogens (primary N) is 1. The first-order valence-corrected chi connectivity index (χ1v) is 6.47. The number of benzene rings is 1. The molecule has 0 unspecified atom stereocenters. The van der Waals surface area contributed by atoms with E-state index in [-0.39, 0.29) is 24.6 Å². The number of carbonyl (C=O) groups excluding carboxylic acids is 2. The van der Waals surface area contributed by atoms with Gasteiger partial charge in [0.1, 0.15) is 11.8 Å². The Bertz CT molecular complexity index is 549. The number of halogens is 1. The molecule has 1 rings (SSSR count). The lowest BCUT2D eigenvalue weighted by Crippen LogP contribution is -2.50. The molecular weight excluding hydrogens is 328 g/mol. The molecule has 0 saturated heterocycles. The fourth-order valence-electron chi connectivity index (χ4n) is 1.76. The van der Waals surface area contributed by atoms with Crippen molar-refractivity contribution in [2.45, 2.75) is 24.9 Å². The van der Waals surface area contributed by atoms with Crippen LogP contribution in [0.5, 0.6) is 5.75 Å². The summed E-state index contributed by atoms with van der Waals surface area (Å²) < 4.78 is 4.61. The standard InChI is InChI=1S/C14H18N2O6.ClH/c1-22-14(21)11(6-8-2-4-9(17)5-3-8)16-13(20)10(15)7-12(18)19;/h2-5,10-11,17H,6-7,15H2,1H3,(H,16,20)(H,18,19);1H/t10-,11-;/m0./s1. The van der Waals surface area contributed by atoms with Gasteiger partial charge in [-0.25, -0.2) is 4.79 Å². The van der Waals surface area contributed by atoms with Crippen LogP contribution in [0.4, 0.5) is 0 Å². The number of aliphatic carboxylic acids is 1. The van der Waals surface area contributed by atoms with Crippen LogP contribution in [0.2, 0.25) is 0 Å². The quantitative estimate of drug-likeness (QED) is 0.502. The van der Waals surface area contributed by atoms with Gasteiger partial charge in [-0.1, -0.05) is 12.1 Å². The average Bonchev–Trinajstić information content (AvgIpc) is 2.47. The van der Waals surface area contributed by atoms with Crippen molar-refractivity contribution in [2.24, 2.45) is 5.73 Å². The van der Waals surface area contributed by atoms with Crippen molar-refractivity contribution in [1.82, 2.24) is 5.32 Å². The molecule has 0 spiro atoms. The van der Waals surface area contributed by atoms with Crippen LogP contribution in [0.15, 0.2) is 24.3 Å². The fourth-order valence-corrected chi connectivity index (χ4v) is 1.76. The third-order valence-electron chi connectivity index (χ3n) is 2.91. The lowest BCUT2D eigenvalue weighted by molar-refractivity contribution is -0.145. The molecule has 0 fully saturated rings. The molecule has 5 N–H and O–H groups in total. The predicted molar refractivity (Wildman–Crippen MR) is 83.2 cm³/mol. The van der Waals surface area contributed by atoms with Crippen molar-refractivity contribution < 1.29 is 29.3 Å². The Kier molecular flexibility index (Phi) is 8.67. The maximum atomic E-state index is 11.8. The summed E-state index contributed by atoms with van der Waals surface area (Å²) in [5.74, 6) is -2.57.